The number of aromatic nitrogens is 2. The summed E-state index contributed by atoms with van der Waals surface area (Å²) in [5.74, 6) is 0. The number of rotatable bonds is 0. The first-order valence-electron chi connectivity index (χ1n) is 5.96. The van der Waals surface area contributed by atoms with Crippen molar-refractivity contribution < 1.29 is 0 Å². The maximum absolute atomic E-state index is 11.9. The van der Waals surface area contributed by atoms with E-state index in [0.717, 1.165) is 39.7 Å². The predicted molar refractivity (Wildman–Crippen MR) is 72.0 cm³/mol. The van der Waals surface area contributed by atoms with Gasteiger partial charge in [0.05, 0.1) is 11.0 Å². The van der Waals surface area contributed by atoms with Gasteiger partial charge in [0, 0.05) is 12.1 Å². The molecule has 4 nitrogen and oxygen atoms in total. The van der Waals surface area contributed by atoms with Crippen LogP contribution in [0.5, 0.6) is 0 Å². The van der Waals surface area contributed by atoms with E-state index in [1.54, 1.807) is 4.57 Å². The van der Waals surface area contributed by atoms with Gasteiger partial charge < -0.3 is 9.55 Å². The van der Waals surface area contributed by atoms with Crippen molar-refractivity contribution in [3.05, 3.63) is 50.0 Å². The molecule has 0 fully saturated rings. The Kier molecular flexibility index (Phi) is 2.11. The molecule has 4 heteroatoms. The second-order valence-corrected chi connectivity index (χ2v) is 4.85. The van der Waals surface area contributed by atoms with Crippen molar-refractivity contribution in [1.82, 2.24) is 9.55 Å². The average Bonchev–Trinajstić information content (AvgIpc) is 2.33. The molecule has 2 aromatic rings. The van der Waals surface area contributed by atoms with Crippen molar-refractivity contribution >= 4 is 16.6 Å². The number of benzene rings is 1. The molecule has 92 valence electrons. The van der Waals surface area contributed by atoms with Crippen LogP contribution in [0.2, 0.25) is 0 Å². The largest absolute Gasteiger partial charge is 0.316 e. The molecular formula is C14H14N2O2. The van der Waals surface area contributed by atoms with Gasteiger partial charge in [0.15, 0.2) is 0 Å². The minimum absolute atomic E-state index is 0.473. The molecule has 3 rings (SSSR count). The van der Waals surface area contributed by atoms with Crippen molar-refractivity contribution in [2.24, 2.45) is 0 Å². The fourth-order valence-corrected chi connectivity index (χ4v) is 2.70. The van der Waals surface area contributed by atoms with E-state index in [-0.39, 0.29) is 0 Å². The van der Waals surface area contributed by atoms with Crippen molar-refractivity contribution in [2.75, 3.05) is 0 Å². The lowest BCUT2D eigenvalue weighted by Crippen LogP contribution is -2.38. The third kappa shape index (κ3) is 1.26. The lowest BCUT2D eigenvalue weighted by atomic mass is 9.92. The van der Waals surface area contributed by atoms with Crippen LogP contribution >= 0.6 is 0 Å². The lowest BCUT2D eigenvalue weighted by Gasteiger charge is -2.23. The van der Waals surface area contributed by atoms with Gasteiger partial charge in [0.25, 0.3) is 0 Å². The molecule has 0 radical (unpaired) electrons. The third-order valence-corrected chi connectivity index (χ3v) is 3.77. The molecule has 0 aliphatic carbocycles. The summed E-state index contributed by atoms with van der Waals surface area (Å²) in [6.07, 6.45) is 0.718. The Morgan fingerprint density at radius 2 is 2.06 bits per heavy atom. The van der Waals surface area contributed by atoms with Crippen LogP contribution in [0.4, 0.5) is 0 Å². The first-order valence-corrected chi connectivity index (χ1v) is 5.96. The van der Waals surface area contributed by atoms with Gasteiger partial charge in [-0.25, -0.2) is 0 Å². The van der Waals surface area contributed by atoms with Crippen molar-refractivity contribution in [3.63, 3.8) is 0 Å². The van der Waals surface area contributed by atoms with Crippen molar-refractivity contribution in [1.29, 1.82) is 0 Å². The Bertz CT molecular complexity index is 809. The highest BCUT2D eigenvalue weighted by molar-refractivity contribution is 5.92. The van der Waals surface area contributed by atoms with E-state index in [4.69, 9.17) is 0 Å². The molecule has 1 aromatic carbocycles. The first kappa shape index (κ1) is 11.0. The molecule has 0 amide bonds. The number of nitrogens with one attached hydrogen (secondary N) is 1. The highest BCUT2D eigenvalue weighted by atomic mass is 16.2. The number of allylic oxidation sites excluding steroid dienone is 1. The number of aryl methyl sites for hydroxylation is 2. The van der Waals surface area contributed by atoms with Crippen LogP contribution < -0.4 is 11.1 Å². The maximum Gasteiger partial charge on any atom is 0.316 e. The normalized spacial score (nSPS) is 14.2. The van der Waals surface area contributed by atoms with E-state index in [0.29, 0.717) is 6.54 Å². The standard InChI is InChI=1S/C14H14N2O2/c1-7-4-5-16-12-10(15-13(17)14(16)18)6-8(2)9(3)11(7)12/h6H,1,4-5H2,2-3H3,(H,15,17). The summed E-state index contributed by atoms with van der Waals surface area (Å²) in [5.41, 5.74) is 4.80. The summed E-state index contributed by atoms with van der Waals surface area (Å²) in [5, 5.41) is 0. The van der Waals surface area contributed by atoms with Gasteiger partial charge in [-0.15, -0.1) is 0 Å². The van der Waals surface area contributed by atoms with E-state index in [1.807, 2.05) is 19.9 Å². The fraction of sp³-hybridized carbons (Fsp3) is 0.286. The minimum atomic E-state index is -0.552. The molecule has 1 aliphatic rings. The molecule has 0 bridgehead atoms. The highest BCUT2D eigenvalue weighted by Crippen LogP contribution is 2.33. The van der Waals surface area contributed by atoms with Gasteiger partial charge in [0.1, 0.15) is 0 Å². The van der Waals surface area contributed by atoms with Gasteiger partial charge in [-0.3, -0.25) is 9.59 Å². The molecule has 0 spiro atoms. The molecule has 0 saturated carbocycles. The smallest absolute Gasteiger partial charge is 0.316 e. The molecule has 1 aliphatic heterocycles. The number of hydrogen-bond donors (Lipinski definition) is 1. The predicted octanol–water partition coefficient (Wildman–Crippen LogP) is 1.72. The third-order valence-electron chi connectivity index (χ3n) is 3.77. The van der Waals surface area contributed by atoms with Crippen molar-refractivity contribution in [2.45, 2.75) is 26.8 Å². The fourth-order valence-electron chi connectivity index (χ4n) is 2.70. The maximum atomic E-state index is 11.9. The Morgan fingerprint density at radius 3 is 2.78 bits per heavy atom. The second kappa shape index (κ2) is 3.45. The zero-order valence-corrected chi connectivity index (χ0v) is 10.5. The summed E-state index contributed by atoms with van der Waals surface area (Å²) in [4.78, 5) is 26.2. The zero-order valence-electron chi connectivity index (χ0n) is 10.5. The van der Waals surface area contributed by atoms with Crippen LogP contribution in [-0.2, 0) is 6.54 Å². The Morgan fingerprint density at radius 1 is 1.33 bits per heavy atom. The Balaban J connectivity index is 2.68. The molecule has 1 aromatic heterocycles. The number of H-pyrrole nitrogens is 1. The van der Waals surface area contributed by atoms with Crippen LogP contribution in [-0.4, -0.2) is 9.55 Å². The lowest BCUT2D eigenvalue weighted by molar-refractivity contribution is 0.689. The van der Waals surface area contributed by atoms with E-state index < -0.39 is 11.1 Å². The van der Waals surface area contributed by atoms with Crippen LogP contribution in [0.25, 0.3) is 16.6 Å². The summed E-state index contributed by atoms with van der Waals surface area (Å²) < 4.78 is 1.57. The molecule has 18 heavy (non-hydrogen) atoms. The molecular weight excluding hydrogens is 228 g/mol. The topological polar surface area (TPSA) is 54.9 Å². The number of nitrogens with zero attached hydrogens (tertiary/aromatic N) is 1. The first-order chi connectivity index (χ1) is 8.50. The summed E-state index contributed by atoms with van der Waals surface area (Å²) in [7, 11) is 0. The summed E-state index contributed by atoms with van der Waals surface area (Å²) in [6, 6.07) is 1.92. The van der Waals surface area contributed by atoms with Gasteiger partial charge in [-0.05, 0) is 43.0 Å². The Labute approximate surface area is 104 Å². The van der Waals surface area contributed by atoms with Gasteiger partial charge in [-0.2, -0.15) is 0 Å². The van der Waals surface area contributed by atoms with Crippen molar-refractivity contribution in [3.8, 4) is 0 Å². The SMILES string of the molecule is C=C1CCn2c(=O)c(=O)[nH]c3cc(C)c(C)c1c32. The molecule has 2 heterocycles. The average molecular weight is 242 g/mol. The van der Waals surface area contributed by atoms with Gasteiger partial charge >= 0.3 is 11.1 Å². The number of hydrogen-bond acceptors (Lipinski definition) is 2. The molecule has 1 N–H and O–H groups in total. The van der Waals surface area contributed by atoms with E-state index in [1.165, 1.54) is 0 Å². The molecule has 0 atom stereocenters. The quantitative estimate of drug-likeness (QED) is 0.715. The monoisotopic (exact) mass is 242 g/mol. The van der Waals surface area contributed by atoms with E-state index in [2.05, 4.69) is 11.6 Å². The Hall–Kier alpha value is -2.10. The minimum Gasteiger partial charge on any atom is -0.316 e. The van der Waals surface area contributed by atoms with Gasteiger partial charge in [0.2, 0.25) is 0 Å². The zero-order chi connectivity index (χ0) is 13.0. The summed E-state index contributed by atoms with van der Waals surface area (Å²) in [6.45, 7) is 8.65. The van der Waals surface area contributed by atoms with Crippen LogP contribution in [0.3, 0.4) is 0 Å². The summed E-state index contributed by atoms with van der Waals surface area (Å²) >= 11 is 0. The molecule has 0 unspecified atom stereocenters. The second-order valence-electron chi connectivity index (χ2n) is 4.85. The van der Waals surface area contributed by atoms with Crippen LogP contribution in [0, 0.1) is 13.8 Å². The van der Waals surface area contributed by atoms with Crippen LogP contribution in [0.1, 0.15) is 23.1 Å². The van der Waals surface area contributed by atoms with E-state index in [9.17, 15) is 9.59 Å². The van der Waals surface area contributed by atoms with E-state index >= 15 is 0 Å². The molecule has 0 saturated heterocycles. The van der Waals surface area contributed by atoms with Gasteiger partial charge in [-0.1, -0.05) is 6.58 Å². The number of aromatic amines is 1. The highest BCUT2D eigenvalue weighted by Gasteiger charge is 2.20. The van der Waals surface area contributed by atoms with Crippen LogP contribution in [0.15, 0.2) is 22.2 Å².